The van der Waals surface area contributed by atoms with E-state index in [0.29, 0.717) is 0 Å². The Hall–Kier alpha value is -1.33. The largest absolute Gasteiger partial charge is 0.310 e. The molecule has 20 heavy (non-hydrogen) atoms. The lowest BCUT2D eigenvalue weighted by Gasteiger charge is -2.06. The van der Waals surface area contributed by atoms with Gasteiger partial charge in [0.1, 0.15) is 12.2 Å². The zero-order valence-corrected chi connectivity index (χ0v) is 12.6. The van der Waals surface area contributed by atoms with Crippen LogP contribution in [0.4, 0.5) is 0 Å². The van der Waals surface area contributed by atoms with Gasteiger partial charge in [0, 0.05) is 24.0 Å². The molecule has 0 atom stereocenters. The number of benzene rings is 1. The molecular weight excluding hydrogens is 268 g/mol. The molecule has 0 unspecified atom stereocenters. The van der Waals surface area contributed by atoms with Gasteiger partial charge in [0.05, 0.1) is 5.75 Å². The normalized spacial score (nSPS) is 14.7. The number of nitrogens with zero attached hydrogens (tertiary/aromatic N) is 3. The van der Waals surface area contributed by atoms with E-state index in [1.54, 1.807) is 6.33 Å². The van der Waals surface area contributed by atoms with Gasteiger partial charge in [-0.3, -0.25) is 0 Å². The molecule has 1 fully saturated rings. The molecule has 1 aromatic carbocycles. The Morgan fingerprint density at radius 3 is 3.10 bits per heavy atom. The van der Waals surface area contributed by atoms with Gasteiger partial charge in [-0.15, -0.1) is 11.8 Å². The number of rotatable bonds is 7. The average Bonchev–Trinajstić information content (AvgIpc) is 3.20. The van der Waals surface area contributed by atoms with E-state index in [0.717, 1.165) is 30.7 Å². The van der Waals surface area contributed by atoms with Crippen LogP contribution in [-0.4, -0.2) is 20.8 Å². The first kappa shape index (κ1) is 13.6. The van der Waals surface area contributed by atoms with Gasteiger partial charge in [0.2, 0.25) is 0 Å². The van der Waals surface area contributed by atoms with Gasteiger partial charge in [0.25, 0.3) is 0 Å². The molecule has 0 amide bonds. The molecule has 0 radical (unpaired) electrons. The smallest absolute Gasteiger partial charge is 0.138 e. The summed E-state index contributed by atoms with van der Waals surface area (Å²) in [5.41, 5.74) is 1.36. The predicted octanol–water partition coefficient (Wildman–Crippen LogP) is 2.84. The van der Waals surface area contributed by atoms with Crippen molar-refractivity contribution >= 4 is 11.8 Å². The summed E-state index contributed by atoms with van der Waals surface area (Å²) < 4.78 is 1.95. The van der Waals surface area contributed by atoms with Crippen LogP contribution in [0.1, 0.15) is 31.2 Å². The maximum absolute atomic E-state index is 4.31. The van der Waals surface area contributed by atoms with E-state index in [-0.39, 0.29) is 0 Å². The fourth-order valence-electron chi connectivity index (χ4n) is 2.11. The molecule has 4 nitrogen and oxygen atoms in total. The Balaban J connectivity index is 1.57. The van der Waals surface area contributed by atoms with Crippen LogP contribution >= 0.6 is 11.8 Å². The highest BCUT2D eigenvalue weighted by Crippen LogP contribution is 2.24. The Labute approximate surface area is 124 Å². The molecule has 3 rings (SSSR count). The standard InChI is InChI=1S/C15H20N4S/c1-2-19-15(17-11-18-19)10-20-14-5-3-4-12(8-14)9-16-13-6-7-13/h3-5,8,11,13,16H,2,6-7,9-10H2,1H3. The Morgan fingerprint density at radius 1 is 1.40 bits per heavy atom. The summed E-state index contributed by atoms with van der Waals surface area (Å²) in [7, 11) is 0. The Morgan fingerprint density at radius 2 is 2.30 bits per heavy atom. The van der Waals surface area contributed by atoms with Gasteiger partial charge in [-0.2, -0.15) is 5.10 Å². The first-order valence-corrected chi connectivity index (χ1v) is 8.15. The second-order valence-electron chi connectivity index (χ2n) is 5.08. The van der Waals surface area contributed by atoms with E-state index >= 15 is 0 Å². The molecule has 0 bridgehead atoms. The molecule has 1 aliphatic carbocycles. The van der Waals surface area contributed by atoms with Crippen LogP contribution in [0, 0.1) is 0 Å². The van der Waals surface area contributed by atoms with Crippen LogP contribution in [0.5, 0.6) is 0 Å². The van der Waals surface area contributed by atoms with Crippen molar-refractivity contribution in [2.24, 2.45) is 0 Å². The van der Waals surface area contributed by atoms with E-state index in [2.05, 4.69) is 46.6 Å². The summed E-state index contributed by atoms with van der Waals surface area (Å²) in [6.45, 7) is 3.94. The van der Waals surface area contributed by atoms with E-state index in [4.69, 9.17) is 0 Å². The molecule has 0 aliphatic heterocycles. The third-order valence-electron chi connectivity index (χ3n) is 3.43. The summed E-state index contributed by atoms with van der Waals surface area (Å²) in [4.78, 5) is 5.61. The third kappa shape index (κ3) is 3.61. The van der Waals surface area contributed by atoms with Crippen LogP contribution in [0.15, 0.2) is 35.5 Å². The summed E-state index contributed by atoms with van der Waals surface area (Å²) in [5.74, 6) is 1.91. The molecule has 1 N–H and O–H groups in total. The quantitative estimate of drug-likeness (QED) is 0.796. The van der Waals surface area contributed by atoms with Crippen LogP contribution in [0.2, 0.25) is 0 Å². The highest BCUT2D eigenvalue weighted by molar-refractivity contribution is 7.98. The highest BCUT2D eigenvalue weighted by Gasteiger charge is 2.19. The summed E-state index contributed by atoms with van der Waals surface area (Å²) >= 11 is 1.82. The Kier molecular flexibility index (Phi) is 4.38. The van der Waals surface area contributed by atoms with Gasteiger partial charge in [-0.05, 0) is 37.5 Å². The molecule has 1 aromatic heterocycles. The zero-order valence-electron chi connectivity index (χ0n) is 11.7. The molecule has 0 saturated heterocycles. The van der Waals surface area contributed by atoms with Crippen molar-refractivity contribution in [2.75, 3.05) is 0 Å². The van der Waals surface area contributed by atoms with Crippen LogP contribution in [0.3, 0.4) is 0 Å². The monoisotopic (exact) mass is 288 g/mol. The maximum Gasteiger partial charge on any atom is 0.138 e. The minimum absolute atomic E-state index is 0.759. The summed E-state index contributed by atoms with van der Waals surface area (Å²) in [5, 5.41) is 7.75. The van der Waals surface area contributed by atoms with Crippen molar-refractivity contribution in [3.63, 3.8) is 0 Å². The lowest BCUT2D eigenvalue weighted by molar-refractivity contribution is 0.632. The SMILES string of the molecule is CCn1ncnc1CSc1cccc(CNC2CC2)c1. The number of thioether (sulfide) groups is 1. The van der Waals surface area contributed by atoms with Gasteiger partial charge in [-0.1, -0.05) is 12.1 Å². The first-order chi connectivity index (χ1) is 9.85. The molecule has 1 aliphatic rings. The van der Waals surface area contributed by atoms with Crippen molar-refractivity contribution < 1.29 is 0 Å². The minimum Gasteiger partial charge on any atom is -0.310 e. The van der Waals surface area contributed by atoms with E-state index < -0.39 is 0 Å². The lowest BCUT2D eigenvalue weighted by Crippen LogP contribution is -2.15. The Bertz CT molecular complexity index is 563. The summed E-state index contributed by atoms with van der Waals surface area (Å²) in [6, 6.07) is 9.52. The number of aryl methyl sites for hydroxylation is 1. The van der Waals surface area contributed by atoms with Gasteiger partial charge >= 0.3 is 0 Å². The number of hydrogen-bond acceptors (Lipinski definition) is 4. The molecule has 0 spiro atoms. The molecule has 2 aromatic rings. The maximum atomic E-state index is 4.31. The molecule has 1 saturated carbocycles. The van der Waals surface area contributed by atoms with Crippen molar-refractivity contribution in [2.45, 2.75) is 49.5 Å². The highest BCUT2D eigenvalue weighted by atomic mass is 32.2. The second-order valence-corrected chi connectivity index (χ2v) is 6.13. The number of hydrogen-bond donors (Lipinski definition) is 1. The summed E-state index contributed by atoms with van der Waals surface area (Å²) in [6.07, 6.45) is 4.30. The molecule has 5 heteroatoms. The third-order valence-corrected chi connectivity index (χ3v) is 4.42. The van der Waals surface area contributed by atoms with Crippen LogP contribution in [0.25, 0.3) is 0 Å². The topological polar surface area (TPSA) is 42.7 Å². The van der Waals surface area contributed by atoms with Crippen molar-refractivity contribution in [1.82, 2.24) is 20.1 Å². The lowest BCUT2D eigenvalue weighted by atomic mass is 10.2. The van der Waals surface area contributed by atoms with E-state index in [9.17, 15) is 0 Å². The first-order valence-electron chi connectivity index (χ1n) is 7.17. The molecular formula is C15H20N4S. The van der Waals surface area contributed by atoms with Crippen LogP contribution in [-0.2, 0) is 18.8 Å². The van der Waals surface area contributed by atoms with Crippen LogP contribution < -0.4 is 5.32 Å². The fraction of sp³-hybridized carbons (Fsp3) is 0.467. The number of aromatic nitrogens is 3. The van der Waals surface area contributed by atoms with Crippen molar-refractivity contribution in [1.29, 1.82) is 0 Å². The van der Waals surface area contributed by atoms with Crippen molar-refractivity contribution in [3.05, 3.63) is 42.0 Å². The van der Waals surface area contributed by atoms with E-state index in [1.165, 1.54) is 23.3 Å². The van der Waals surface area contributed by atoms with Crippen molar-refractivity contribution in [3.8, 4) is 0 Å². The van der Waals surface area contributed by atoms with Gasteiger partial charge in [-0.25, -0.2) is 9.67 Å². The second kappa shape index (κ2) is 6.41. The number of nitrogens with one attached hydrogen (secondary N) is 1. The zero-order chi connectivity index (χ0) is 13.8. The average molecular weight is 288 g/mol. The van der Waals surface area contributed by atoms with Gasteiger partial charge in [0.15, 0.2) is 0 Å². The molecule has 1 heterocycles. The molecule has 106 valence electrons. The van der Waals surface area contributed by atoms with Gasteiger partial charge < -0.3 is 5.32 Å². The minimum atomic E-state index is 0.759. The fourth-order valence-corrected chi connectivity index (χ4v) is 3.04. The predicted molar refractivity (Wildman–Crippen MR) is 81.6 cm³/mol. The van der Waals surface area contributed by atoms with E-state index in [1.807, 2.05) is 16.4 Å².